The van der Waals surface area contributed by atoms with Gasteiger partial charge in [0.15, 0.2) is 0 Å². The third kappa shape index (κ3) is 3.66. The van der Waals surface area contributed by atoms with E-state index in [2.05, 4.69) is 23.9 Å². The molecule has 0 fully saturated rings. The Morgan fingerprint density at radius 1 is 1.26 bits per heavy atom. The summed E-state index contributed by atoms with van der Waals surface area (Å²) >= 11 is 0. The van der Waals surface area contributed by atoms with Crippen molar-refractivity contribution in [3.8, 4) is 0 Å². The molecule has 0 bridgehead atoms. The minimum Gasteiger partial charge on any atom is -0.462 e. The van der Waals surface area contributed by atoms with Gasteiger partial charge in [-0.1, -0.05) is 6.07 Å². The van der Waals surface area contributed by atoms with Crippen molar-refractivity contribution in [2.45, 2.75) is 26.1 Å². The van der Waals surface area contributed by atoms with Crippen LogP contribution >= 0.6 is 0 Å². The first kappa shape index (κ1) is 13.8. The fourth-order valence-corrected chi connectivity index (χ4v) is 1.96. The predicted octanol–water partition coefficient (Wildman–Crippen LogP) is 3.01. The van der Waals surface area contributed by atoms with E-state index in [1.54, 1.807) is 7.11 Å². The third-order valence-corrected chi connectivity index (χ3v) is 3.19. The van der Waals surface area contributed by atoms with Gasteiger partial charge in [0, 0.05) is 19.3 Å². The fourth-order valence-electron chi connectivity index (χ4n) is 1.96. The van der Waals surface area contributed by atoms with Crippen LogP contribution in [0.5, 0.6) is 0 Å². The molecule has 4 nitrogen and oxygen atoms in total. The van der Waals surface area contributed by atoms with Crippen LogP contribution in [0.3, 0.4) is 0 Å². The highest BCUT2D eigenvalue weighted by Crippen LogP contribution is 2.19. The molecule has 0 aliphatic rings. The molecule has 0 amide bonds. The van der Waals surface area contributed by atoms with Crippen LogP contribution in [0.25, 0.3) is 0 Å². The van der Waals surface area contributed by atoms with Crippen molar-refractivity contribution in [1.29, 1.82) is 0 Å². The lowest BCUT2D eigenvalue weighted by molar-refractivity contribution is 0.158. The molecular weight excluding hydrogens is 240 g/mol. The standard InChI is InChI=1S/C15H20N2O2/c1-12(15-6-4-5-9-16-15)17(2)10-13-7-8-14(19-13)11-18-3/h4-9,12H,10-11H2,1-3H3/t12-/m0/s1. The number of rotatable bonds is 6. The Hall–Kier alpha value is -1.65. The molecule has 0 spiro atoms. The first-order chi connectivity index (χ1) is 9.20. The Morgan fingerprint density at radius 3 is 2.74 bits per heavy atom. The lowest BCUT2D eigenvalue weighted by atomic mass is 10.2. The number of pyridine rings is 1. The van der Waals surface area contributed by atoms with Crippen LogP contribution in [-0.4, -0.2) is 24.0 Å². The van der Waals surface area contributed by atoms with E-state index in [9.17, 15) is 0 Å². The van der Waals surface area contributed by atoms with Crippen molar-refractivity contribution in [3.63, 3.8) is 0 Å². The summed E-state index contributed by atoms with van der Waals surface area (Å²) in [7, 11) is 3.73. The second kappa shape index (κ2) is 6.50. The molecule has 2 rings (SSSR count). The van der Waals surface area contributed by atoms with Crippen LogP contribution in [-0.2, 0) is 17.9 Å². The molecule has 1 atom stereocenters. The highest BCUT2D eigenvalue weighted by Gasteiger charge is 2.14. The molecule has 4 heteroatoms. The largest absolute Gasteiger partial charge is 0.462 e. The molecule has 0 aromatic carbocycles. The van der Waals surface area contributed by atoms with E-state index in [1.807, 2.05) is 36.5 Å². The van der Waals surface area contributed by atoms with Gasteiger partial charge in [-0.15, -0.1) is 0 Å². The molecule has 0 aliphatic heterocycles. The predicted molar refractivity (Wildman–Crippen MR) is 73.5 cm³/mol. The third-order valence-electron chi connectivity index (χ3n) is 3.19. The zero-order valence-electron chi connectivity index (χ0n) is 11.7. The minimum atomic E-state index is 0.247. The first-order valence-electron chi connectivity index (χ1n) is 6.38. The summed E-state index contributed by atoms with van der Waals surface area (Å²) in [6, 6.07) is 10.2. The molecular formula is C15H20N2O2. The molecule has 0 N–H and O–H groups in total. The van der Waals surface area contributed by atoms with E-state index < -0.39 is 0 Å². The van der Waals surface area contributed by atoms with Crippen LogP contribution < -0.4 is 0 Å². The van der Waals surface area contributed by atoms with Crippen molar-refractivity contribution in [1.82, 2.24) is 9.88 Å². The highest BCUT2D eigenvalue weighted by atomic mass is 16.5. The molecule has 0 saturated heterocycles. The number of aromatic nitrogens is 1. The second-order valence-corrected chi connectivity index (χ2v) is 4.65. The second-order valence-electron chi connectivity index (χ2n) is 4.65. The molecule has 0 unspecified atom stereocenters. The van der Waals surface area contributed by atoms with Gasteiger partial charge in [0.1, 0.15) is 18.1 Å². The quantitative estimate of drug-likeness (QED) is 0.800. The van der Waals surface area contributed by atoms with Crippen LogP contribution in [0.1, 0.15) is 30.2 Å². The van der Waals surface area contributed by atoms with Gasteiger partial charge in [0.05, 0.1) is 12.2 Å². The normalized spacial score (nSPS) is 12.8. The van der Waals surface area contributed by atoms with Gasteiger partial charge >= 0.3 is 0 Å². The summed E-state index contributed by atoms with van der Waals surface area (Å²) < 4.78 is 10.7. The molecule has 19 heavy (non-hydrogen) atoms. The summed E-state index contributed by atoms with van der Waals surface area (Å²) in [6.45, 7) is 3.41. The minimum absolute atomic E-state index is 0.247. The van der Waals surface area contributed by atoms with Gasteiger partial charge in [-0.05, 0) is 38.2 Å². The molecule has 102 valence electrons. The lowest BCUT2D eigenvalue weighted by Gasteiger charge is -2.23. The van der Waals surface area contributed by atoms with Crippen molar-refractivity contribution in [2.24, 2.45) is 0 Å². The van der Waals surface area contributed by atoms with Gasteiger partial charge < -0.3 is 9.15 Å². The van der Waals surface area contributed by atoms with Crippen molar-refractivity contribution in [2.75, 3.05) is 14.2 Å². The van der Waals surface area contributed by atoms with Gasteiger partial charge in [-0.25, -0.2) is 0 Å². The Bertz CT molecular complexity index is 496. The van der Waals surface area contributed by atoms with Gasteiger partial charge in [0.25, 0.3) is 0 Å². The van der Waals surface area contributed by atoms with Crippen LogP contribution in [0.4, 0.5) is 0 Å². The number of hydrogen-bond donors (Lipinski definition) is 0. The van der Waals surface area contributed by atoms with E-state index in [-0.39, 0.29) is 6.04 Å². The fraction of sp³-hybridized carbons (Fsp3) is 0.400. The maximum Gasteiger partial charge on any atom is 0.129 e. The summed E-state index contributed by atoms with van der Waals surface area (Å²) in [5, 5.41) is 0. The van der Waals surface area contributed by atoms with Crippen molar-refractivity contribution < 1.29 is 9.15 Å². The van der Waals surface area contributed by atoms with Crippen LogP contribution in [0.2, 0.25) is 0 Å². The van der Waals surface area contributed by atoms with E-state index in [4.69, 9.17) is 9.15 Å². The number of methoxy groups -OCH3 is 1. The lowest BCUT2D eigenvalue weighted by Crippen LogP contribution is -2.22. The summed E-state index contributed by atoms with van der Waals surface area (Å²) in [5.41, 5.74) is 1.06. The molecule has 2 aromatic rings. The number of hydrogen-bond acceptors (Lipinski definition) is 4. The Labute approximate surface area is 114 Å². The van der Waals surface area contributed by atoms with E-state index >= 15 is 0 Å². The molecule has 2 aromatic heterocycles. The monoisotopic (exact) mass is 260 g/mol. The maximum absolute atomic E-state index is 5.69. The maximum atomic E-state index is 5.69. The van der Waals surface area contributed by atoms with Gasteiger partial charge in [-0.2, -0.15) is 0 Å². The zero-order chi connectivity index (χ0) is 13.7. The van der Waals surface area contributed by atoms with E-state index in [0.29, 0.717) is 6.61 Å². The Balaban J connectivity index is 1.98. The van der Waals surface area contributed by atoms with E-state index in [1.165, 1.54) is 0 Å². The average molecular weight is 260 g/mol. The van der Waals surface area contributed by atoms with Crippen molar-refractivity contribution in [3.05, 3.63) is 53.7 Å². The number of furan rings is 1. The summed E-state index contributed by atoms with van der Waals surface area (Å²) in [5.74, 6) is 1.80. The Kier molecular flexibility index (Phi) is 4.71. The van der Waals surface area contributed by atoms with Crippen LogP contribution in [0, 0.1) is 0 Å². The SMILES string of the molecule is COCc1ccc(CN(C)[C@@H](C)c2ccccn2)o1. The summed E-state index contributed by atoms with van der Waals surface area (Å²) in [6.07, 6.45) is 1.82. The molecule has 2 heterocycles. The molecule has 0 radical (unpaired) electrons. The Morgan fingerprint density at radius 2 is 2.05 bits per heavy atom. The van der Waals surface area contributed by atoms with Gasteiger partial charge in [-0.3, -0.25) is 9.88 Å². The summed E-state index contributed by atoms with van der Waals surface area (Å²) in [4.78, 5) is 6.59. The number of nitrogens with zero attached hydrogens (tertiary/aromatic N) is 2. The van der Waals surface area contributed by atoms with E-state index in [0.717, 1.165) is 23.8 Å². The zero-order valence-corrected chi connectivity index (χ0v) is 11.7. The molecule has 0 aliphatic carbocycles. The molecule has 0 saturated carbocycles. The highest BCUT2D eigenvalue weighted by molar-refractivity contribution is 5.10. The first-order valence-corrected chi connectivity index (χ1v) is 6.38. The van der Waals surface area contributed by atoms with Crippen molar-refractivity contribution >= 4 is 0 Å². The van der Waals surface area contributed by atoms with Gasteiger partial charge in [0.2, 0.25) is 0 Å². The topological polar surface area (TPSA) is 38.5 Å². The number of ether oxygens (including phenoxy) is 1. The smallest absolute Gasteiger partial charge is 0.129 e. The average Bonchev–Trinajstić information content (AvgIpc) is 2.86. The van der Waals surface area contributed by atoms with Crippen LogP contribution in [0.15, 0.2) is 40.9 Å².